The van der Waals surface area contributed by atoms with Gasteiger partial charge in [0.15, 0.2) is 0 Å². The fourth-order valence-electron chi connectivity index (χ4n) is 3.58. The first-order chi connectivity index (χ1) is 13.6. The molecule has 3 heteroatoms. The summed E-state index contributed by atoms with van der Waals surface area (Å²) >= 11 is 0. The van der Waals surface area contributed by atoms with Gasteiger partial charge in [0.05, 0.1) is 5.92 Å². The predicted octanol–water partition coefficient (Wildman–Crippen LogP) is 5.67. The summed E-state index contributed by atoms with van der Waals surface area (Å²) in [6.07, 6.45) is 0.715. The molecule has 28 heavy (non-hydrogen) atoms. The number of ether oxygens (including phenoxy) is 2. The zero-order valence-electron chi connectivity index (χ0n) is 16.2. The minimum atomic E-state index is -0.123. The van der Waals surface area contributed by atoms with Crippen molar-refractivity contribution < 1.29 is 14.3 Å². The van der Waals surface area contributed by atoms with Gasteiger partial charge in [-0.05, 0) is 47.2 Å². The van der Waals surface area contributed by atoms with Crippen molar-refractivity contribution in [1.29, 1.82) is 0 Å². The number of benzene rings is 3. The normalized spacial score (nSPS) is 15.8. The number of fused-ring (bicyclic) bond motifs is 1. The van der Waals surface area contributed by atoms with Crippen LogP contribution in [-0.4, -0.2) is 5.97 Å². The van der Waals surface area contributed by atoms with Crippen molar-refractivity contribution in [3.63, 3.8) is 0 Å². The maximum atomic E-state index is 12.2. The van der Waals surface area contributed by atoms with Gasteiger partial charge in [-0.2, -0.15) is 0 Å². The number of para-hydroxylation sites is 1. The molecule has 0 saturated carbocycles. The molecule has 0 N–H and O–H groups in total. The third-order valence-corrected chi connectivity index (χ3v) is 5.25. The van der Waals surface area contributed by atoms with Crippen LogP contribution in [0, 0.1) is 11.8 Å². The molecule has 3 aromatic rings. The van der Waals surface area contributed by atoms with Crippen LogP contribution >= 0.6 is 0 Å². The second-order valence-corrected chi connectivity index (χ2v) is 7.57. The SMILES string of the molecule is CC(C)C1Cc2cc(-c3ccccc3OCc3ccccc3)ccc2OC1=O. The van der Waals surface area contributed by atoms with Gasteiger partial charge < -0.3 is 9.47 Å². The molecule has 0 amide bonds. The first-order valence-electron chi connectivity index (χ1n) is 9.72. The Bertz CT molecular complexity index is 976. The van der Waals surface area contributed by atoms with Crippen molar-refractivity contribution in [2.24, 2.45) is 11.8 Å². The van der Waals surface area contributed by atoms with E-state index in [4.69, 9.17) is 9.47 Å². The molecule has 3 aromatic carbocycles. The van der Waals surface area contributed by atoms with Crippen molar-refractivity contribution in [1.82, 2.24) is 0 Å². The monoisotopic (exact) mass is 372 g/mol. The summed E-state index contributed by atoms with van der Waals surface area (Å²) in [5, 5.41) is 0. The highest BCUT2D eigenvalue weighted by Gasteiger charge is 2.31. The summed E-state index contributed by atoms with van der Waals surface area (Å²) in [5.41, 5.74) is 4.32. The Morgan fingerprint density at radius 1 is 1.00 bits per heavy atom. The van der Waals surface area contributed by atoms with Gasteiger partial charge in [-0.1, -0.05) is 68.4 Å². The van der Waals surface area contributed by atoms with Crippen molar-refractivity contribution >= 4 is 5.97 Å². The van der Waals surface area contributed by atoms with E-state index in [0.29, 0.717) is 18.8 Å². The van der Waals surface area contributed by atoms with Crippen LogP contribution in [0.3, 0.4) is 0 Å². The van der Waals surface area contributed by atoms with Crippen LogP contribution in [0.4, 0.5) is 0 Å². The van der Waals surface area contributed by atoms with E-state index < -0.39 is 0 Å². The second-order valence-electron chi connectivity index (χ2n) is 7.57. The topological polar surface area (TPSA) is 35.5 Å². The number of hydrogen-bond acceptors (Lipinski definition) is 3. The van der Waals surface area contributed by atoms with E-state index >= 15 is 0 Å². The number of carbonyl (C=O) groups excluding carboxylic acids is 1. The maximum absolute atomic E-state index is 12.2. The molecule has 0 fully saturated rings. The average molecular weight is 372 g/mol. The van der Waals surface area contributed by atoms with Crippen LogP contribution in [0.5, 0.6) is 11.5 Å². The van der Waals surface area contributed by atoms with Gasteiger partial charge >= 0.3 is 5.97 Å². The number of esters is 1. The Hall–Kier alpha value is -3.07. The van der Waals surface area contributed by atoms with E-state index in [1.54, 1.807) is 0 Å². The van der Waals surface area contributed by atoms with E-state index in [1.807, 2.05) is 48.5 Å². The lowest BCUT2D eigenvalue weighted by molar-refractivity contribution is -0.141. The maximum Gasteiger partial charge on any atom is 0.314 e. The molecule has 1 atom stereocenters. The lowest BCUT2D eigenvalue weighted by Gasteiger charge is -2.26. The molecule has 0 bridgehead atoms. The summed E-state index contributed by atoms with van der Waals surface area (Å²) in [7, 11) is 0. The molecule has 1 aliphatic heterocycles. The number of carbonyl (C=O) groups is 1. The first kappa shape index (κ1) is 18.3. The van der Waals surface area contributed by atoms with Crippen molar-refractivity contribution in [2.75, 3.05) is 0 Å². The number of hydrogen-bond donors (Lipinski definition) is 0. The fraction of sp³-hybridized carbons (Fsp3) is 0.240. The fourth-order valence-corrected chi connectivity index (χ4v) is 3.58. The highest BCUT2D eigenvalue weighted by molar-refractivity contribution is 5.80. The van der Waals surface area contributed by atoms with Gasteiger partial charge in [0.25, 0.3) is 0 Å². The molecule has 1 heterocycles. The summed E-state index contributed by atoms with van der Waals surface area (Å²) in [6, 6.07) is 24.2. The molecule has 142 valence electrons. The molecular formula is C25H24O3. The summed E-state index contributed by atoms with van der Waals surface area (Å²) in [6.45, 7) is 4.65. The van der Waals surface area contributed by atoms with Crippen LogP contribution in [0.25, 0.3) is 11.1 Å². The molecule has 3 nitrogen and oxygen atoms in total. The Kier molecular flexibility index (Phi) is 5.16. The van der Waals surface area contributed by atoms with Crippen molar-refractivity contribution in [2.45, 2.75) is 26.9 Å². The van der Waals surface area contributed by atoms with E-state index in [0.717, 1.165) is 28.0 Å². The standard InChI is InChI=1S/C25H24O3/c1-17(2)22-15-20-14-19(12-13-23(20)28-25(22)26)21-10-6-7-11-24(21)27-16-18-8-4-3-5-9-18/h3-14,17,22H,15-16H2,1-2H3. The molecular weight excluding hydrogens is 348 g/mol. The van der Waals surface area contributed by atoms with Gasteiger partial charge in [0.1, 0.15) is 18.1 Å². The quantitative estimate of drug-likeness (QED) is 0.428. The summed E-state index contributed by atoms with van der Waals surface area (Å²) in [5.74, 6) is 1.56. The first-order valence-corrected chi connectivity index (χ1v) is 9.72. The molecule has 4 rings (SSSR count). The Morgan fingerprint density at radius 2 is 1.75 bits per heavy atom. The predicted molar refractivity (Wildman–Crippen MR) is 110 cm³/mol. The smallest absolute Gasteiger partial charge is 0.314 e. The van der Waals surface area contributed by atoms with Crippen LogP contribution in [0.2, 0.25) is 0 Å². The van der Waals surface area contributed by atoms with Crippen LogP contribution in [0.15, 0.2) is 72.8 Å². The third-order valence-electron chi connectivity index (χ3n) is 5.25. The molecule has 0 radical (unpaired) electrons. The van der Waals surface area contributed by atoms with E-state index in [9.17, 15) is 4.79 Å². The molecule has 0 saturated heterocycles. The van der Waals surface area contributed by atoms with E-state index in [1.165, 1.54) is 0 Å². The van der Waals surface area contributed by atoms with Crippen LogP contribution in [-0.2, 0) is 17.8 Å². The Labute approximate surface area is 165 Å². The second kappa shape index (κ2) is 7.89. The lowest BCUT2D eigenvalue weighted by atomic mass is 9.86. The number of rotatable bonds is 5. The molecule has 0 spiro atoms. The van der Waals surface area contributed by atoms with Crippen LogP contribution < -0.4 is 9.47 Å². The lowest BCUT2D eigenvalue weighted by Crippen LogP contribution is -2.31. The zero-order chi connectivity index (χ0) is 19.5. The van der Waals surface area contributed by atoms with E-state index in [-0.39, 0.29) is 17.8 Å². The minimum Gasteiger partial charge on any atom is -0.488 e. The molecule has 0 aromatic heterocycles. The van der Waals surface area contributed by atoms with Gasteiger partial charge in [-0.25, -0.2) is 0 Å². The van der Waals surface area contributed by atoms with Crippen molar-refractivity contribution in [3.05, 3.63) is 83.9 Å². The average Bonchev–Trinajstić information content (AvgIpc) is 2.72. The summed E-state index contributed by atoms with van der Waals surface area (Å²) in [4.78, 5) is 12.2. The highest BCUT2D eigenvalue weighted by Crippen LogP contribution is 2.37. The molecule has 0 aliphatic carbocycles. The largest absolute Gasteiger partial charge is 0.488 e. The van der Waals surface area contributed by atoms with Crippen molar-refractivity contribution in [3.8, 4) is 22.6 Å². The Balaban J connectivity index is 1.62. The zero-order valence-corrected chi connectivity index (χ0v) is 16.2. The third kappa shape index (κ3) is 3.79. The highest BCUT2D eigenvalue weighted by atomic mass is 16.5. The Morgan fingerprint density at radius 3 is 2.54 bits per heavy atom. The summed E-state index contributed by atoms with van der Waals surface area (Å²) < 4.78 is 11.7. The molecule has 1 unspecified atom stereocenters. The van der Waals surface area contributed by atoms with Gasteiger partial charge in [0.2, 0.25) is 0 Å². The molecule has 1 aliphatic rings. The van der Waals surface area contributed by atoms with E-state index in [2.05, 4.69) is 38.1 Å². The van der Waals surface area contributed by atoms with Gasteiger partial charge in [-0.3, -0.25) is 4.79 Å². The van der Waals surface area contributed by atoms with Gasteiger partial charge in [-0.15, -0.1) is 0 Å². The minimum absolute atomic E-state index is 0.0904. The van der Waals surface area contributed by atoms with Gasteiger partial charge in [0, 0.05) is 5.56 Å². The van der Waals surface area contributed by atoms with Crippen LogP contribution in [0.1, 0.15) is 25.0 Å².